The lowest BCUT2D eigenvalue weighted by atomic mass is 10.2. The van der Waals surface area contributed by atoms with Crippen LogP contribution in [0.5, 0.6) is 0 Å². The van der Waals surface area contributed by atoms with Gasteiger partial charge in [-0.05, 0) is 28.9 Å². The molecule has 0 aliphatic carbocycles. The van der Waals surface area contributed by atoms with Crippen LogP contribution in [0.2, 0.25) is 4.34 Å². The molecule has 0 radical (unpaired) electrons. The van der Waals surface area contributed by atoms with Crippen molar-refractivity contribution in [1.29, 1.82) is 0 Å². The normalized spacial score (nSPS) is 11.1. The van der Waals surface area contributed by atoms with E-state index in [9.17, 15) is 0 Å². The number of hydrogen-bond acceptors (Lipinski definition) is 3. The van der Waals surface area contributed by atoms with E-state index in [-0.39, 0.29) is 0 Å². The van der Waals surface area contributed by atoms with Gasteiger partial charge in [0.15, 0.2) is 0 Å². The molecule has 2 rings (SSSR count). The standard InChI is InChI=1S/C11H13BrClN3S/c1-7-8(5-15-16(7)2)4-14-6-9-3-10(12)11(13)17-9/h3,5,14H,4,6H2,1-2H3. The van der Waals surface area contributed by atoms with Crippen molar-refractivity contribution in [3.8, 4) is 0 Å². The van der Waals surface area contributed by atoms with Gasteiger partial charge in [-0.15, -0.1) is 11.3 Å². The highest BCUT2D eigenvalue weighted by molar-refractivity contribution is 9.10. The second-order valence-electron chi connectivity index (χ2n) is 3.82. The summed E-state index contributed by atoms with van der Waals surface area (Å²) < 4.78 is 3.66. The number of nitrogens with one attached hydrogen (secondary N) is 1. The van der Waals surface area contributed by atoms with Crippen LogP contribution in [0.25, 0.3) is 0 Å². The van der Waals surface area contributed by atoms with Crippen molar-refractivity contribution in [3.05, 3.63) is 37.2 Å². The highest BCUT2D eigenvalue weighted by Crippen LogP contribution is 2.31. The van der Waals surface area contributed by atoms with E-state index in [1.807, 2.05) is 17.9 Å². The minimum Gasteiger partial charge on any atom is -0.308 e. The van der Waals surface area contributed by atoms with E-state index in [1.54, 1.807) is 11.3 Å². The molecule has 1 N–H and O–H groups in total. The van der Waals surface area contributed by atoms with Crippen LogP contribution in [0, 0.1) is 6.92 Å². The van der Waals surface area contributed by atoms with Gasteiger partial charge in [-0.2, -0.15) is 5.10 Å². The van der Waals surface area contributed by atoms with Crippen LogP contribution in [-0.2, 0) is 20.1 Å². The Labute approximate surface area is 118 Å². The fraction of sp³-hybridized carbons (Fsp3) is 0.364. The number of nitrogens with zero attached hydrogens (tertiary/aromatic N) is 2. The quantitative estimate of drug-likeness (QED) is 0.927. The summed E-state index contributed by atoms with van der Waals surface area (Å²) in [5.41, 5.74) is 2.43. The number of halogens is 2. The second-order valence-corrected chi connectivity index (χ2v) is 6.41. The van der Waals surface area contributed by atoms with Gasteiger partial charge in [-0.3, -0.25) is 4.68 Å². The van der Waals surface area contributed by atoms with Gasteiger partial charge >= 0.3 is 0 Å². The molecule has 6 heteroatoms. The molecule has 0 atom stereocenters. The van der Waals surface area contributed by atoms with Gasteiger partial charge in [0.25, 0.3) is 0 Å². The molecule has 0 amide bonds. The van der Waals surface area contributed by atoms with Crippen LogP contribution in [0.3, 0.4) is 0 Å². The Hall–Kier alpha value is -0.360. The lowest BCUT2D eigenvalue weighted by Crippen LogP contribution is -2.12. The average molecular weight is 335 g/mol. The molecule has 0 bridgehead atoms. The van der Waals surface area contributed by atoms with E-state index in [1.165, 1.54) is 16.1 Å². The van der Waals surface area contributed by atoms with Crippen LogP contribution in [-0.4, -0.2) is 9.78 Å². The molecule has 0 saturated heterocycles. The topological polar surface area (TPSA) is 29.9 Å². The summed E-state index contributed by atoms with van der Waals surface area (Å²) in [5.74, 6) is 0. The zero-order chi connectivity index (χ0) is 12.4. The summed E-state index contributed by atoms with van der Waals surface area (Å²) in [7, 11) is 1.95. The van der Waals surface area contributed by atoms with Crippen molar-refractivity contribution in [3.63, 3.8) is 0 Å². The maximum Gasteiger partial charge on any atom is 0.107 e. The van der Waals surface area contributed by atoms with Crippen LogP contribution in [0.4, 0.5) is 0 Å². The number of aromatic nitrogens is 2. The summed E-state index contributed by atoms with van der Waals surface area (Å²) in [4.78, 5) is 1.23. The lowest BCUT2D eigenvalue weighted by molar-refractivity contribution is 0.691. The molecule has 0 aliphatic rings. The van der Waals surface area contributed by atoms with Crippen LogP contribution in [0.1, 0.15) is 16.1 Å². The largest absolute Gasteiger partial charge is 0.308 e. The van der Waals surface area contributed by atoms with Gasteiger partial charge in [0.2, 0.25) is 0 Å². The Kier molecular flexibility index (Phi) is 4.25. The van der Waals surface area contributed by atoms with E-state index < -0.39 is 0 Å². The molecule has 0 aromatic carbocycles. The Morgan fingerprint density at radius 3 is 2.82 bits per heavy atom. The molecule has 2 aromatic heterocycles. The monoisotopic (exact) mass is 333 g/mol. The highest BCUT2D eigenvalue weighted by Gasteiger charge is 2.06. The van der Waals surface area contributed by atoms with E-state index in [4.69, 9.17) is 11.6 Å². The molecule has 2 heterocycles. The van der Waals surface area contributed by atoms with Gasteiger partial charge in [-0.1, -0.05) is 11.6 Å². The Morgan fingerprint density at radius 1 is 1.53 bits per heavy atom. The van der Waals surface area contributed by atoms with Crippen molar-refractivity contribution >= 4 is 38.9 Å². The first kappa shape index (κ1) is 13.1. The predicted octanol–water partition coefficient (Wildman–Crippen LogP) is 3.50. The van der Waals surface area contributed by atoms with Crippen molar-refractivity contribution < 1.29 is 0 Å². The Balaban J connectivity index is 1.89. The molecule has 17 heavy (non-hydrogen) atoms. The predicted molar refractivity (Wildman–Crippen MR) is 75.5 cm³/mol. The minimum atomic E-state index is 0.805. The van der Waals surface area contributed by atoms with Gasteiger partial charge in [0.1, 0.15) is 4.34 Å². The summed E-state index contributed by atoms with van der Waals surface area (Å²) in [6, 6.07) is 2.05. The van der Waals surface area contributed by atoms with Gasteiger partial charge in [0.05, 0.1) is 6.20 Å². The second kappa shape index (κ2) is 5.52. The van der Waals surface area contributed by atoms with E-state index >= 15 is 0 Å². The number of rotatable bonds is 4. The first-order chi connectivity index (χ1) is 8.08. The van der Waals surface area contributed by atoms with E-state index in [2.05, 4.69) is 39.3 Å². The maximum absolute atomic E-state index is 5.98. The third kappa shape index (κ3) is 3.10. The average Bonchev–Trinajstić information content (AvgIpc) is 2.76. The fourth-order valence-electron chi connectivity index (χ4n) is 1.52. The van der Waals surface area contributed by atoms with Gasteiger partial charge in [-0.25, -0.2) is 0 Å². The van der Waals surface area contributed by atoms with Crippen LogP contribution in [0.15, 0.2) is 16.7 Å². The summed E-state index contributed by atoms with van der Waals surface area (Å²) in [6.07, 6.45) is 1.90. The van der Waals surface area contributed by atoms with Crippen LogP contribution >= 0.6 is 38.9 Å². The highest BCUT2D eigenvalue weighted by atomic mass is 79.9. The SMILES string of the molecule is Cc1c(CNCc2cc(Br)c(Cl)s2)cnn1C. The molecule has 0 spiro atoms. The number of hydrogen-bond donors (Lipinski definition) is 1. The molecular formula is C11H13BrClN3S. The third-order valence-corrected chi connectivity index (χ3v) is 5.12. The van der Waals surface area contributed by atoms with Gasteiger partial charge in [0, 0.05) is 40.7 Å². The van der Waals surface area contributed by atoms with Crippen LogP contribution < -0.4 is 5.32 Å². The van der Waals surface area contributed by atoms with E-state index in [0.29, 0.717) is 0 Å². The molecule has 2 aromatic rings. The van der Waals surface area contributed by atoms with Gasteiger partial charge < -0.3 is 5.32 Å². The molecule has 0 unspecified atom stereocenters. The summed E-state index contributed by atoms with van der Waals surface area (Å²) in [6.45, 7) is 3.72. The molecule has 0 fully saturated rings. The smallest absolute Gasteiger partial charge is 0.107 e. The zero-order valence-corrected chi connectivity index (χ0v) is 12.8. The zero-order valence-electron chi connectivity index (χ0n) is 9.63. The molecular weight excluding hydrogens is 322 g/mol. The fourth-order valence-corrected chi connectivity index (χ4v) is 3.28. The third-order valence-electron chi connectivity index (χ3n) is 2.65. The van der Waals surface area contributed by atoms with E-state index in [0.717, 1.165) is 21.9 Å². The molecule has 3 nitrogen and oxygen atoms in total. The lowest BCUT2D eigenvalue weighted by Gasteiger charge is -2.02. The van der Waals surface area contributed by atoms with Crippen molar-refractivity contribution in [1.82, 2.24) is 15.1 Å². The molecule has 0 saturated carbocycles. The Bertz CT molecular complexity index is 501. The maximum atomic E-state index is 5.98. The van der Waals surface area contributed by atoms with Crippen molar-refractivity contribution in [2.75, 3.05) is 0 Å². The van der Waals surface area contributed by atoms with Crippen molar-refractivity contribution in [2.45, 2.75) is 20.0 Å². The molecule has 0 aliphatic heterocycles. The summed E-state index contributed by atoms with van der Waals surface area (Å²) in [5, 5.41) is 7.60. The minimum absolute atomic E-state index is 0.805. The summed E-state index contributed by atoms with van der Waals surface area (Å²) >= 11 is 11.0. The first-order valence-corrected chi connectivity index (χ1v) is 7.18. The number of aryl methyl sites for hydroxylation is 1. The Morgan fingerprint density at radius 2 is 2.29 bits per heavy atom. The van der Waals surface area contributed by atoms with Crippen molar-refractivity contribution in [2.24, 2.45) is 7.05 Å². The molecule has 92 valence electrons. The number of thiophene rings is 1. The first-order valence-electron chi connectivity index (χ1n) is 5.20.